The van der Waals surface area contributed by atoms with E-state index in [1.165, 1.54) is 0 Å². The lowest BCUT2D eigenvalue weighted by atomic mass is 9.97. The number of benzene rings is 1. The van der Waals surface area contributed by atoms with Crippen molar-refractivity contribution in [1.82, 2.24) is 5.32 Å². The fourth-order valence-corrected chi connectivity index (χ4v) is 2.71. The summed E-state index contributed by atoms with van der Waals surface area (Å²) >= 11 is 0. The summed E-state index contributed by atoms with van der Waals surface area (Å²) in [5, 5.41) is 3.31. The van der Waals surface area contributed by atoms with Crippen LogP contribution in [0.2, 0.25) is 0 Å². The third-order valence-electron chi connectivity index (χ3n) is 3.94. The lowest BCUT2D eigenvalue weighted by Gasteiger charge is -2.35. The Hall–Kier alpha value is -1.23. The number of piperidine rings is 1. The van der Waals surface area contributed by atoms with Crippen LogP contribution in [-0.2, 0) is 6.54 Å². The molecule has 0 radical (unpaired) electrons. The number of nitrogens with one attached hydrogen (secondary N) is 1. The third-order valence-corrected chi connectivity index (χ3v) is 3.94. The predicted molar refractivity (Wildman–Crippen MR) is 79.4 cm³/mol. The van der Waals surface area contributed by atoms with Crippen molar-refractivity contribution < 1.29 is 13.2 Å². The van der Waals surface area contributed by atoms with Gasteiger partial charge in [0.05, 0.1) is 5.92 Å². The summed E-state index contributed by atoms with van der Waals surface area (Å²) in [4.78, 5) is 1.85. The molecule has 0 aliphatic carbocycles. The Kier molecular flexibility index (Phi) is 5.51. The molecule has 1 fully saturated rings. The summed E-state index contributed by atoms with van der Waals surface area (Å²) < 4.78 is 38.5. The number of anilines is 1. The summed E-state index contributed by atoms with van der Waals surface area (Å²) in [5.74, 6) is -1.20. The highest BCUT2D eigenvalue weighted by molar-refractivity contribution is 5.48. The van der Waals surface area contributed by atoms with Crippen LogP contribution in [-0.4, -0.2) is 25.8 Å². The molecule has 1 aliphatic rings. The number of rotatable bonds is 5. The summed E-state index contributed by atoms with van der Waals surface area (Å²) in [5.41, 5.74) is 2.06. The van der Waals surface area contributed by atoms with Gasteiger partial charge in [-0.05, 0) is 43.5 Å². The number of hydrogen-bond acceptors (Lipinski definition) is 2. The first-order valence-corrected chi connectivity index (χ1v) is 7.62. The number of nitrogens with zero attached hydrogens (tertiary/aromatic N) is 1. The lowest BCUT2D eigenvalue weighted by molar-refractivity contribution is -0.175. The first-order chi connectivity index (χ1) is 10.0. The van der Waals surface area contributed by atoms with E-state index in [0.717, 1.165) is 30.8 Å². The van der Waals surface area contributed by atoms with Gasteiger partial charge >= 0.3 is 6.18 Å². The Bertz CT molecular complexity index is 428. The molecule has 1 N–H and O–H groups in total. The molecule has 1 saturated heterocycles. The van der Waals surface area contributed by atoms with Crippen LogP contribution in [0.4, 0.5) is 18.9 Å². The van der Waals surface area contributed by atoms with Crippen molar-refractivity contribution in [3.8, 4) is 0 Å². The highest BCUT2D eigenvalue weighted by Gasteiger charge is 2.41. The first-order valence-electron chi connectivity index (χ1n) is 7.62. The molecule has 5 heteroatoms. The number of halogens is 3. The Morgan fingerprint density at radius 3 is 2.57 bits per heavy atom. The van der Waals surface area contributed by atoms with Gasteiger partial charge in [0.25, 0.3) is 0 Å². The molecular formula is C16H23F3N2. The van der Waals surface area contributed by atoms with E-state index in [0.29, 0.717) is 13.0 Å². The molecule has 0 bridgehead atoms. The quantitative estimate of drug-likeness (QED) is 0.828. The third kappa shape index (κ3) is 4.63. The fraction of sp³-hybridized carbons (Fsp3) is 0.625. The van der Waals surface area contributed by atoms with Crippen molar-refractivity contribution in [3.05, 3.63) is 29.8 Å². The van der Waals surface area contributed by atoms with Gasteiger partial charge in [0, 0.05) is 25.3 Å². The monoisotopic (exact) mass is 300 g/mol. The van der Waals surface area contributed by atoms with Gasteiger partial charge in [0.1, 0.15) is 0 Å². The SMILES string of the molecule is CCCNCc1ccc(N2CCCC(C(F)(F)F)C2)cc1. The Morgan fingerprint density at radius 2 is 1.95 bits per heavy atom. The minimum atomic E-state index is -4.08. The molecule has 1 unspecified atom stereocenters. The first kappa shape index (κ1) is 16.1. The van der Waals surface area contributed by atoms with Gasteiger partial charge in [-0.25, -0.2) is 0 Å². The predicted octanol–water partition coefficient (Wildman–Crippen LogP) is 3.96. The molecule has 0 spiro atoms. The fourth-order valence-electron chi connectivity index (χ4n) is 2.71. The van der Waals surface area contributed by atoms with Crippen molar-refractivity contribution in [3.63, 3.8) is 0 Å². The van der Waals surface area contributed by atoms with Crippen LogP contribution in [0.3, 0.4) is 0 Å². The Morgan fingerprint density at radius 1 is 1.24 bits per heavy atom. The molecule has 1 atom stereocenters. The number of hydrogen-bond donors (Lipinski definition) is 1. The smallest absolute Gasteiger partial charge is 0.371 e. The second kappa shape index (κ2) is 7.16. The molecule has 118 valence electrons. The molecule has 2 rings (SSSR count). The van der Waals surface area contributed by atoms with Gasteiger partial charge in [0.15, 0.2) is 0 Å². The van der Waals surface area contributed by atoms with Gasteiger partial charge in [0.2, 0.25) is 0 Å². The molecule has 1 aromatic rings. The average molecular weight is 300 g/mol. The highest BCUT2D eigenvalue weighted by atomic mass is 19.4. The van der Waals surface area contributed by atoms with Gasteiger partial charge in [-0.1, -0.05) is 19.1 Å². The summed E-state index contributed by atoms with van der Waals surface area (Å²) in [6.07, 6.45) is -2.14. The number of alkyl halides is 3. The lowest BCUT2D eigenvalue weighted by Crippen LogP contribution is -2.41. The van der Waals surface area contributed by atoms with E-state index in [4.69, 9.17) is 0 Å². The van der Waals surface area contributed by atoms with Crippen LogP contribution in [0.25, 0.3) is 0 Å². The maximum Gasteiger partial charge on any atom is 0.393 e. The second-order valence-corrected chi connectivity index (χ2v) is 5.67. The van der Waals surface area contributed by atoms with Crippen LogP contribution < -0.4 is 10.2 Å². The van der Waals surface area contributed by atoms with E-state index in [9.17, 15) is 13.2 Å². The van der Waals surface area contributed by atoms with E-state index >= 15 is 0 Å². The Labute approximate surface area is 124 Å². The van der Waals surface area contributed by atoms with Crippen molar-refractivity contribution in [2.24, 2.45) is 5.92 Å². The molecule has 0 aromatic heterocycles. The van der Waals surface area contributed by atoms with Gasteiger partial charge < -0.3 is 10.2 Å². The van der Waals surface area contributed by atoms with Crippen LogP contribution in [0.5, 0.6) is 0 Å². The molecule has 0 saturated carbocycles. The molecule has 0 amide bonds. The summed E-state index contributed by atoms with van der Waals surface area (Å²) in [6, 6.07) is 7.85. The summed E-state index contributed by atoms with van der Waals surface area (Å²) in [7, 11) is 0. The molecule has 2 nitrogen and oxygen atoms in total. The van der Waals surface area contributed by atoms with Crippen molar-refractivity contribution >= 4 is 5.69 Å². The normalized spacial score (nSPS) is 19.8. The zero-order valence-corrected chi connectivity index (χ0v) is 12.4. The molecule has 1 aliphatic heterocycles. The van der Waals surface area contributed by atoms with Crippen molar-refractivity contribution in [2.75, 3.05) is 24.5 Å². The topological polar surface area (TPSA) is 15.3 Å². The van der Waals surface area contributed by atoms with Crippen LogP contribution in [0, 0.1) is 5.92 Å². The van der Waals surface area contributed by atoms with Gasteiger partial charge in [-0.15, -0.1) is 0 Å². The zero-order valence-electron chi connectivity index (χ0n) is 12.4. The second-order valence-electron chi connectivity index (χ2n) is 5.67. The van der Waals surface area contributed by atoms with E-state index in [-0.39, 0.29) is 13.0 Å². The molecule has 1 aromatic carbocycles. The van der Waals surface area contributed by atoms with E-state index in [1.54, 1.807) is 0 Å². The molecular weight excluding hydrogens is 277 g/mol. The van der Waals surface area contributed by atoms with Gasteiger partial charge in [-0.2, -0.15) is 13.2 Å². The average Bonchev–Trinajstić information content (AvgIpc) is 2.47. The summed E-state index contributed by atoms with van der Waals surface area (Å²) in [6.45, 7) is 4.68. The standard InChI is InChI=1S/C16H23F3N2/c1-2-9-20-11-13-5-7-15(8-6-13)21-10-3-4-14(12-21)16(17,18)19/h5-8,14,20H,2-4,9-12H2,1H3. The maximum absolute atomic E-state index is 12.8. The van der Waals surface area contributed by atoms with E-state index in [2.05, 4.69) is 12.2 Å². The maximum atomic E-state index is 12.8. The molecule has 1 heterocycles. The van der Waals surface area contributed by atoms with E-state index < -0.39 is 12.1 Å². The Balaban J connectivity index is 1.95. The van der Waals surface area contributed by atoms with Crippen LogP contribution in [0.1, 0.15) is 31.7 Å². The van der Waals surface area contributed by atoms with Crippen molar-refractivity contribution in [2.45, 2.75) is 38.9 Å². The van der Waals surface area contributed by atoms with Gasteiger partial charge in [-0.3, -0.25) is 0 Å². The van der Waals surface area contributed by atoms with Crippen molar-refractivity contribution in [1.29, 1.82) is 0 Å². The van der Waals surface area contributed by atoms with Crippen LogP contribution in [0.15, 0.2) is 24.3 Å². The minimum absolute atomic E-state index is 0.0803. The zero-order chi connectivity index (χ0) is 15.3. The van der Waals surface area contributed by atoms with E-state index in [1.807, 2.05) is 29.2 Å². The highest BCUT2D eigenvalue weighted by Crippen LogP contribution is 2.34. The minimum Gasteiger partial charge on any atom is -0.371 e. The molecule has 21 heavy (non-hydrogen) atoms. The largest absolute Gasteiger partial charge is 0.393 e. The van der Waals surface area contributed by atoms with Crippen LogP contribution >= 0.6 is 0 Å².